The molecule has 0 fully saturated rings. The van der Waals surface area contributed by atoms with E-state index in [9.17, 15) is 18.0 Å². The number of rotatable bonds is 2. The number of amides is 1. The van der Waals surface area contributed by atoms with E-state index in [0.717, 1.165) is 5.56 Å². The normalized spacial score (nSPS) is 11.3. The standard InChI is InChI=1S/C10H9BrF3NO/c1-6-2-3-7(4-8(6)11)9(16)15-5-10(12,13)14/h2-4H,5H2,1H3,(H,15,16). The summed E-state index contributed by atoms with van der Waals surface area (Å²) in [6.45, 7) is 0.499. The highest BCUT2D eigenvalue weighted by atomic mass is 79.9. The van der Waals surface area contributed by atoms with Gasteiger partial charge >= 0.3 is 6.18 Å². The molecule has 1 aromatic rings. The van der Waals surface area contributed by atoms with Gasteiger partial charge in [-0.1, -0.05) is 22.0 Å². The van der Waals surface area contributed by atoms with E-state index in [2.05, 4.69) is 15.9 Å². The molecule has 0 aliphatic rings. The molecule has 0 heterocycles. The van der Waals surface area contributed by atoms with E-state index >= 15 is 0 Å². The topological polar surface area (TPSA) is 29.1 Å². The Bertz CT molecular complexity index is 404. The predicted octanol–water partition coefficient (Wildman–Crippen LogP) is 3.05. The SMILES string of the molecule is Cc1ccc(C(=O)NCC(F)(F)F)cc1Br. The number of nitrogens with one attached hydrogen (secondary N) is 1. The number of benzene rings is 1. The molecule has 88 valence electrons. The van der Waals surface area contributed by atoms with Crippen molar-refractivity contribution >= 4 is 21.8 Å². The largest absolute Gasteiger partial charge is 0.405 e. The Morgan fingerprint density at radius 1 is 1.44 bits per heavy atom. The molecule has 1 aromatic carbocycles. The van der Waals surface area contributed by atoms with E-state index in [0.29, 0.717) is 4.47 Å². The lowest BCUT2D eigenvalue weighted by Crippen LogP contribution is -2.33. The number of hydrogen-bond acceptors (Lipinski definition) is 1. The summed E-state index contributed by atoms with van der Waals surface area (Å²) in [6, 6.07) is 4.62. The second-order valence-corrected chi connectivity index (χ2v) is 4.12. The highest BCUT2D eigenvalue weighted by molar-refractivity contribution is 9.10. The molecular weight excluding hydrogens is 287 g/mol. The zero-order valence-electron chi connectivity index (χ0n) is 8.36. The van der Waals surface area contributed by atoms with Crippen molar-refractivity contribution < 1.29 is 18.0 Å². The maximum absolute atomic E-state index is 11.9. The van der Waals surface area contributed by atoms with Crippen LogP contribution in [0.15, 0.2) is 22.7 Å². The third-order valence-electron chi connectivity index (χ3n) is 1.88. The molecule has 1 rings (SSSR count). The Morgan fingerprint density at radius 3 is 2.56 bits per heavy atom. The Balaban J connectivity index is 2.70. The Hall–Kier alpha value is -1.04. The summed E-state index contributed by atoms with van der Waals surface area (Å²) in [4.78, 5) is 11.3. The first-order valence-corrected chi connectivity index (χ1v) is 5.20. The monoisotopic (exact) mass is 295 g/mol. The van der Waals surface area contributed by atoms with Crippen molar-refractivity contribution in [2.24, 2.45) is 0 Å². The summed E-state index contributed by atoms with van der Waals surface area (Å²) in [5.41, 5.74) is 1.11. The fraction of sp³-hybridized carbons (Fsp3) is 0.300. The third-order valence-corrected chi connectivity index (χ3v) is 2.74. The zero-order chi connectivity index (χ0) is 12.3. The highest BCUT2D eigenvalue weighted by Crippen LogP contribution is 2.18. The van der Waals surface area contributed by atoms with Crippen LogP contribution in [0.25, 0.3) is 0 Å². The van der Waals surface area contributed by atoms with Crippen LogP contribution in [-0.2, 0) is 0 Å². The van der Waals surface area contributed by atoms with Crippen molar-refractivity contribution in [1.29, 1.82) is 0 Å². The molecule has 1 amide bonds. The van der Waals surface area contributed by atoms with E-state index in [4.69, 9.17) is 0 Å². The van der Waals surface area contributed by atoms with Crippen molar-refractivity contribution in [3.63, 3.8) is 0 Å². The highest BCUT2D eigenvalue weighted by Gasteiger charge is 2.27. The molecule has 2 nitrogen and oxygen atoms in total. The minimum absolute atomic E-state index is 0.196. The molecule has 0 saturated heterocycles. The van der Waals surface area contributed by atoms with Crippen LogP contribution in [0.2, 0.25) is 0 Å². The minimum atomic E-state index is -4.39. The quantitative estimate of drug-likeness (QED) is 0.893. The molecule has 0 aliphatic heterocycles. The molecule has 0 saturated carbocycles. The Morgan fingerprint density at radius 2 is 2.06 bits per heavy atom. The van der Waals surface area contributed by atoms with Gasteiger partial charge in [0.25, 0.3) is 5.91 Å². The van der Waals surface area contributed by atoms with Crippen LogP contribution in [0, 0.1) is 6.92 Å². The average Bonchev–Trinajstić information content (AvgIpc) is 2.17. The lowest BCUT2D eigenvalue weighted by atomic mass is 10.1. The van der Waals surface area contributed by atoms with Crippen LogP contribution in [0.5, 0.6) is 0 Å². The smallest absolute Gasteiger partial charge is 0.343 e. The van der Waals surface area contributed by atoms with Gasteiger partial charge in [0.2, 0.25) is 0 Å². The molecule has 0 aliphatic carbocycles. The van der Waals surface area contributed by atoms with Crippen LogP contribution >= 0.6 is 15.9 Å². The maximum atomic E-state index is 11.9. The van der Waals surface area contributed by atoms with Gasteiger partial charge in [0, 0.05) is 10.0 Å². The maximum Gasteiger partial charge on any atom is 0.405 e. The van der Waals surface area contributed by atoms with Crippen molar-refractivity contribution in [3.05, 3.63) is 33.8 Å². The van der Waals surface area contributed by atoms with Gasteiger partial charge in [-0.25, -0.2) is 0 Å². The van der Waals surface area contributed by atoms with Gasteiger partial charge in [-0.2, -0.15) is 13.2 Å². The molecule has 0 unspecified atom stereocenters. The van der Waals surface area contributed by atoms with Gasteiger partial charge in [0.05, 0.1) is 0 Å². The van der Waals surface area contributed by atoms with E-state index in [1.807, 2.05) is 6.92 Å². The predicted molar refractivity (Wildman–Crippen MR) is 57.3 cm³/mol. The first kappa shape index (κ1) is 13.0. The molecule has 0 spiro atoms. The summed E-state index contributed by atoms with van der Waals surface area (Å²) in [7, 11) is 0. The minimum Gasteiger partial charge on any atom is -0.343 e. The van der Waals surface area contributed by atoms with Gasteiger partial charge < -0.3 is 5.32 Å². The van der Waals surface area contributed by atoms with E-state index in [1.165, 1.54) is 12.1 Å². The van der Waals surface area contributed by atoms with Crippen LogP contribution in [0.4, 0.5) is 13.2 Å². The summed E-state index contributed by atoms with van der Waals surface area (Å²) in [6.07, 6.45) is -4.39. The van der Waals surface area contributed by atoms with Crippen LogP contribution < -0.4 is 5.32 Å². The number of alkyl halides is 3. The molecule has 0 radical (unpaired) electrons. The number of halogens is 4. The van der Waals surface area contributed by atoms with E-state index in [-0.39, 0.29) is 5.56 Å². The fourth-order valence-corrected chi connectivity index (χ4v) is 1.40. The number of aryl methyl sites for hydroxylation is 1. The van der Waals surface area contributed by atoms with Crippen molar-refractivity contribution in [2.75, 3.05) is 6.54 Å². The zero-order valence-corrected chi connectivity index (χ0v) is 9.95. The van der Waals surface area contributed by atoms with Gasteiger partial charge in [0.15, 0.2) is 0 Å². The van der Waals surface area contributed by atoms with E-state index in [1.54, 1.807) is 11.4 Å². The van der Waals surface area contributed by atoms with Crippen LogP contribution in [0.3, 0.4) is 0 Å². The van der Waals surface area contributed by atoms with Gasteiger partial charge in [-0.3, -0.25) is 4.79 Å². The first-order valence-electron chi connectivity index (χ1n) is 4.41. The van der Waals surface area contributed by atoms with Gasteiger partial charge in [-0.15, -0.1) is 0 Å². The molecular formula is C10H9BrF3NO. The lowest BCUT2D eigenvalue weighted by Gasteiger charge is -2.08. The summed E-state index contributed by atoms with van der Waals surface area (Å²) >= 11 is 3.20. The Labute approximate surface area is 99.0 Å². The third kappa shape index (κ3) is 3.84. The Kier molecular flexibility index (Phi) is 3.96. The average molecular weight is 296 g/mol. The molecule has 0 atom stereocenters. The van der Waals surface area contributed by atoms with E-state index < -0.39 is 18.6 Å². The molecule has 16 heavy (non-hydrogen) atoms. The van der Waals surface area contributed by atoms with Crippen LogP contribution in [0.1, 0.15) is 15.9 Å². The van der Waals surface area contributed by atoms with Crippen molar-refractivity contribution in [1.82, 2.24) is 5.32 Å². The van der Waals surface area contributed by atoms with Crippen molar-refractivity contribution in [3.8, 4) is 0 Å². The lowest BCUT2D eigenvalue weighted by molar-refractivity contribution is -0.123. The molecule has 6 heteroatoms. The number of carbonyl (C=O) groups is 1. The number of carbonyl (C=O) groups excluding carboxylic acids is 1. The summed E-state index contributed by atoms with van der Waals surface area (Å²) in [5.74, 6) is -0.738. The molecule has 0 aromatic heterocycles. The first-order chi connectivity index (χ1) is 7.29. The molecule has 1 N–H and O–H groups in total. The van der Waals surface area contributed by atoms with Gasteiger partial charge in [-0.05, 0) is 24.6 Å². The summed E-state index contributed by atoms with van der Waals surface area (Å²) < 4.78 is 36.2. The second-order valence-electron chi connectivity index (χ2n) is 3.26. The second kappa shape index (κ2) is 4.86. The fourth-order valence-electron chi connectivity index (χ4n) is 1.02. The van der Waals surface area contributed by atoms with Crippen molar-refractivity contribution in [2.45, 2.75) is 13.1 Å². The molecule has 0 bridgehead atoms. The van der Waals surface area contributed by atoms with Gasteiger partial charge in [0.1, 0.15) is 6.54 Å². The summed E-state index contributed by atoms with van der Waals surface area (Å²) in [5, 5.41) is 1.80. The number of hydrogen-bond donors (Lipinski definition) is 1. The van der Waals surface area contributed by atoms with Crippen LogP contribution in [-0.4, -0.2) is 18.6 Å².